The second-order valence-corrected chi connectivity index (χ2v) is 9.00. The van der Waals surface area contributed by atoms with Crippen LogP contribution in [0.1, 0.15) is 45.2 Å². The Kier molecular flexibility index (Phi) is 6.90. The summed E-state index contributed by atoms with van der Waals surface area (Å²) in [6, 6.07) is 14.4. The Morgan fingerprint density at radius 3 is 2.44 bits per heavy atom. The summed E-state index contributed by atoms with van der Waals surface area (Å²) in [7, 11) is 3.45. The van der Waals surface area contributed by atoms with Gasteiger partial charge in [0.15, 0.2) is 0 Å². The lowest BCUT2D eigenvalue weighted by Crippen LogP contribution is -2.58. The van der Waals surface area contributed by atoms with Gasteiger partial charge in [-0.15, -0.1) is 4.98 Å². The molecule has 0 bridgehead atoms. The summed E-state index contributed by atoms with van der Waals surface area (Å²) >= 11 is 0. The minimum absolute atomic E-state index is 0.0585. The zero-order valence-electron chi connectivity index (χ0n) is 20.7. The fourth-order valence-electron chi connectivity index (χ4n) is 5.11. The Morgan fingerprint density at radius 2 is 1.82 bits per heavy atom. The molecule has 0 radical (unpaired) electrons. The van der Waals surface area contributed by atoms with Gasteiger partial charge in [-0.25, -0.2) is 0 Å². The summed E-state index contributed by atoms with van der Waals surface area (Å²) < 4.78 is 6.94. The zero-order chi connectivity index (χ0) is 24.4. The van der Waals surface area contributed by atoms with E-state index in [0.29, 0.717) is 11.9 Å². The number of rotatable bonds is 6. The van der Waals surface area contributed by atoms with Crippen molar-refractivity contribution in [3.63, 3.8) is 0 Å². The fraction of sp³-hybridized carbons (Fsp3) is 0.444. The summed E-state index contributed by atoms with van der Waals surface area (Å²) in [5.41, 5.74) is 3.53. The number of nitrogens with zero attached hydrogens (tertiary/aromatic N) is 5. The second kappa shape index (κ2) is 9.86. The smallest absolute Gasteiger partial charge is 0.270 e. The van der Waals surface area contributed by atoms with Gasteiger partial charge in [0.05, 0.1) is 18.3 Å². The number of ether oxygens (including phenoxy) is 1. The number of pyridine rings is 2. The normalized spacial score (nSPS) is 19.7. The number of hydrogen-bond donors (Lipinski definition) is 0. The van der Waals surface area contributed by atoms with Crippen LogP contribution in [-0.4, -0.2) is 46.7 Å². The largest absolute Gasteiger partial charge is 0.497 e. The van der Waals surface area contributed by atoms with Gasteiger partial charge in [-0.1, -0.05) is 32.6 Å². The number of hydrogen-bond acceptors (Lipinski definition) is 5. The molecule has 0 spiro atoms. The molecule has 34 heavy (non-hydrogen) atoms. The van der Waals surface area contributed by atoms with E-state index in [1.807, 2.05) is 18.2 Å². The molecular formula is C27H33N5O2. The summed E-state index contributed by atoms with van der Waals surface area (Å²) in [6.07, 6.45) is 1.94. The van der Waals surface area contributed by atoms with Crippen molar-refractivity contribution in [2.75, 3.05) is 25.1 Å². The van der Waals surface area contributed by atoms with Crippen molar-refractivity contribution < 1.29 is 4.74 Å². The summed E-state index contributed by atoms with van der Waals surface area (Å²) in [5, 5.41) is 0. The van der Waals surface area contributed by atoms with Crippen LogP contribution in [-0.2, 0) is 7.05 Å². The molecule has 178 valence electrons. The van der Waals surface area contributed by atoms with Crippen LogP contribution >= 0.6 is 0 Å². The molecule has 0 N–H and O–H groups in total. The van der Waals surface area contributed by atoms with Crippen LogP contribution in [0.2, 0.25) is 0 Å². The van der Waals surface area contributed by atoms with E-state index in [1.165, 1.54) is 5.56 Å². The molecule has 7 nitrogen and oxygen atoms in total. The van der Waals surface area contributed by atoms with Crippen LogP contribution < -0.4 is 15.2 Å². The van der Waals surface area contributed by atoms with E-state index in [1.54, 1.807) is 30.9 Å². The van der Waals surface area contributed by atoms with Crippen LogP contribution in [0.4, 0.5) is 11.5 Å². The van der Waals surface area contributed by atoms with Crippen LogP contribution in [0.3, 0.4) is 0 Å². The van der Waals surface area contributed by atoms with Crippen LogP contribution in [0.5, 0.6) is 5.75 Å². The van der Waals surface area contributed by atoms with Gasteiger partial charge < -0.3 is 19.0 Å². The molecule has 2 aromatic heterocycles. The van der Waals surface area contributed by atoms with Crippen LogP contribution in [0.15, 0.2) is 47.3 Å². The first-order valence-electron chi connectivity index (χ1n) is 12.0. The second-order valence-electron chi connectivity index (χ2n) is 9.00. The van der Waals surface area contributed by atoms with E-state index in [2.05, 4.69) is 52.5 Å². The predicted molar refractivity (Wildman–Crippen MR) is 137 cm³/mol. The van der Waals surface area contributed by atoms with Crippen molar-refractivity contribution >= 4 is 22.5 Å². The average Bonchev–Trinajstić information content (AvgIpc) is 2.89. The first-order valence-corrected chi connectivity index (χ1v) is 12.0. The molecule has 0 aliphatic carbocycles. The van der Waals surface area contributed by atoms with Gasteiger partial charge in [0, 0.05) is 44.3 Å². The lowest BCUT2D eigenvalue weighted by Gasteiger charge is -2.49. The number of fused-ring (bicyclic) bond motifs is 1. The molecule has 4 rings (SSSR count). The number of benzene rings is 1. The monoisotopic (exact) mass is 459 g/mol. The highest BCUT2D eigenvalue weighted by Gasteiger charge is 2.36. The van der Waals surface area contributed by atoms with Crippen LogP contribution in [0, 0.1) is 6.57 Å². The van der Waals surface area contributed by atoms with E-state index in [0.717, 1.165) is 48.4 Å². The molecule has 1 aliphatic rings. The summed E-state index contributed by atoms with van der Waals surface area (Å²) in [5.74, 6) is 1.21. The Labute approximate surface area is 201 Å². The highest BCUT2D eigenvalue weighted by Crippen LogP contribution is 2.35. The van der Waals surface area contributed by atoms with Crippen molar-refractivity contribution in [3.8, 4) is 5.75 Å². The molecule has 1 fully saturated rings. The van der Waals surface area contributed by atoms with Gasteiger partial charge in [-0.3, -0.25) is 9.69 Å². The molecule has 3 aromatic rings. The molecule has 3 heterocycles. The Balaban J connectivity index is 1.73. The third kappa shape index (κ3) is 4.26. The first kappa shape index (κ1) is 23.8. The van der Waals surface area contributed by atoms with E-state index in [-0.39, 0.29) is 17.6 Å². The van der Waals surface area contributed by atoms with Gasteiger partial charge in [-0.2, -0.15) is 0 Å². The third-order valence-corrected chi connectivity index (χ3v) is 7.25. The number of anilines is 1. The highest BCUT2D eigenvalue weighted by molar-refractivity contribution is 5.89. The molecule has 1 aliphatic heterocycles. The minimum Gasteiger partial charge on any atom is -0.497 e. The first-order chi connectivity index (χ1) is 16.4. The van der Waals surface area contributed by atoms with E-state index in [4.69, 9.17) is 11.3 Å². The van der Waals surface area contributed by atoms with Crippen molar-refractivity contribution in [1.29, 1.82) is 0 Å². The molecule has 0 amide bonds. The average molecular weight is 460 g/mol. The molecular weight excluding hydrogens is 426 g/mol. The number of aromatic nitrogens is 2. The Hall–Kier alpha value is -3.37. The number of piperazine rings is 1. The summed E-state index contributed by atoms with van der Waals surface area (Å²) in [6.45, 7) is 15.8. The van der Waals surface area contributed by atoms with Crippen molar-refractivity contribution in [1.82, 2.24) is 14.5 Å². The Morgan fingerprint density at radius 1 is 1.12 bits per heavy atom. The number of aryl methyl sites for hydroxylation is 1. The molecule has 1 unspecified atom stereocenters. The molecule has 7 heteroatoms. The van der Waals surface area contributed by atoms with Gasteiger partial charge in [0.2, 0.25) is 5.52 Å². The van der Waals surface area contributed by atoms with E-state index in [9.17, 15) is 4.79 Å². The van der Waals surface area contributed by atoms with Gasteiger partial charge in [0.1, 0.15) is 5.75 Å². The maximum atomic E-state index is 12.8. The molecule has 1 aromatic carbocycles. The zero-order valence-corrected chi connectivity index (χ0v) is 20.7. The van der Waals surface area contributed by atoms with Crippen LogP contribution in [0.25, 0.3) is 15.9 Å². The van der Waals surface area contributed by atoms with Gasteiger partial charge >= 0.3 is 0 Å². The quantitative estimate of drug-likeness (QED) is 0.489. The lowest BCUT2D eigenvalue weighted by molar-refractivity contribution is 0.101. The molecule has 0 saturated carbocycles. The standard InChI is InChI=1S/C27H33N5O2/c1-7-20-17-32(24-15-26(33)30(5)23-13-14-25(28-4)29-27(23)24)21(8-2)16-31(20)18(3)19-9-11-22(34-6)12-10-19/h9-15,18,20-21H,7-8,16-17H2,1-3,5-6H3/t18?,20-,21+/m1/s1. The van der Waals surface area contributed by atoms with Gasteiger partial charge in [-0.05, 0) is 49.6 Å². The molecule has 1 saturated heterocycles. The van der Waals surface area contributed by atoms with E-state index < -0.39 is 0 Å². The predicted octanol–water partition coefficient (Wildman–Crippen LogP) is 4.93. The highest BCUT2D eigenvalue weighted by atomic mass is 16.5. The molecule has 3 atom stereocenters. The fourth-order valence-corrected chi connectivity index (χ4v) is 5.11. The van der Waals surface area contributed by atoms with Crippen molar-refractivity contribution in [3.05, 3.63) is 69.8 Å². The SMILES string of the molecule is [C-]#[N+]c1ccc2c(n1)c(N1C[C@@H](CC)N(C(C)c3ccc(OC)cc3)C[C@@H]1CC)cc(=O)n2C. The maximum Gasteiger partial charge on any atom is 0.270 e. The van der Waals surface area contributed by atoms with Crippen molar-refractivity contribution in [2.45, 2.75) is 51.7 Å². The lowest BCUT2D eigenvalue weighted by atomic mass is 9.96. The number of methoxy groups -OCH3 is 1. The third-order valence-electron chi connectivity index (χ3n) is 7.25. The topological polar surface area (TPSA) is 55.0 Å². The van der Waals surface area contributed by atoms with E-state index >= 15 is 0 Å². The van der Waals surface area contributed by atoms with Gasteiger partial charge in [0.25, 0.3) is 11.4 Å². The summed E-state index contributed by atoms with van der Waals surface area (Å²) in [4.78, 5) is 25.9. The maximum absolute atomic E-state index is 12.8. The Bertz CT molecular complexity index is 1260. The van der Waals surface area contributed by atoms with Crippen molar-refractivity contribution in [2.24, 2.45) is 7.05 Å². The minimum atomic E-state index is -0.0585.